The maximum Gasteiger partial charge on any atom is 0.234 e. The largest absolute Gasteiger partial charge is 0.495 e. The lowest BCUT2D eigenvalue weighted by molar-refractivity contribution is -0.113. The van der Waals surface area contributed by atoms with Gasteiger partial charge in [-0.3, -0.25) is 4.79 Å². The third-order valence-corrected chi connectivity index (χ3v) is 5.68. The number of amides is 1. The standard InChI is InChI=1S/C21H16ClNO3S/c1-25-19-10-14-13-6-2-4-8-17(13)26-18(14)11-16(19)23-21(24)12-27-20-9-5-3-7-15(20)22/h2-11H,12H2,1H3,(H,23,24). The van der Waals surface area contributed by atoms with Gasteiger partial charge in [-0.1, -0.05) is 41.9 Å². The second-order valence-electron chi connectivity index (χ2n) is 5.91. The molecule has 1 heterocycles. The van der Waals surface area contributed by atoms with E-state index in [4.69, 9.17) is 20.8 Å². The molecule has 0 saturated carbocycles. The second-order valence-corrected chi connectivity index (χ2v) is 7.34. The molecule has 0 radical (unpaired) electrons. The highest BCUT2D eigenvalue weighted by Gasteiger charge is 2.14. The summed E-state index contributed by atoms with van der Waals surface area (Å²) >= 11 is 7.52. The average molecular weight is 398 g/mol. The number of benzene rings is 3. The number of anilines is 1. The van der Waals surface area contributed by atoms with Gasteiger partial charge >= 0.3 is 0 Å². The smallest absolute Gasteiger partial charge is 0.234 e. The fourth-order valence-corrected chi connectivity index (χ4v) is 3.95. The summed E-state index contributed by atoms with van der Waals surface area (Å²) in [6.07, 6.45) is 0. The van der Waals surface area contributed by atoms with Crippen LogP contribution in [0.15, 0.2) is 70.0 Å². The fraction of sp³-hybridized carbons (Fsp3) is 0.0952. The molecule has 0 saturated heterocycles. The Morgan fingerprint density at radius 1 is 1.07 bits per heavy atom. The van der Waals surface area contributed by atoms with Crippen molar-refractivity contribution in [2.75, 3.05) is 18.2 Å². The van der Waals surface area contributed by atoms with Crippen LogP contribution in [0.4, 0.5) is 5.69 Å². The summed E-state index contributed by atoms with van der Waals surface area (Å²) < 4.78 is 11.4. The summed E-state index contributed by atoms with van der Waals surface area (Å²) in [6, 6.07) is 18.9. The van der Waals surface area contributed by atoms with Gasteiger partial charge in [-0.2, -0.15) is 0 Å². The molecular formula is C21H16ClNO3S. The summed E-state index contributed by atoms with van der Waals surface area (Å²) in [5.74, 6) is 0.684. The average Bonchev–Trinajstić information content (AvgIpc) is 3.04. The van der Waals surface area contributed by atoms with Gasteiger partial charge in [-0.25, -0.2) is 0 Å². The number of carbonyl (C=O) groups excluding carboxylic acids is 1. The lowest BCUT2D eigenvalue weighted by Crippen LogP contribution is -2.14. The number of thioether (sulfide) groups is 1. The molecule has 0 atom stereocenters. The fourth-order valence-electron chi connectivity index (χ4n) is 2.91. The van der Waals surface area contributed by atoms with Gasteiger partial charge in [0, 0.05) is 21.7 Å². The van der Waals surface area contributed by atoms with E-state index in [9.17, 15) is 4.79 Å². The Balaban J connectivity index is 1.58. The Hall–Kier alpha value is -2.63. The van der Waals surface area contributed by atoms with E-state index in [-0.39, 0.29) is 11.7 Å². The Morgan fingerprint density at radius 3 is 2.67 bits per heavy atom. The number of methoxy groups -OCH3 is 1. The van der Waals surface area contributed by atoms with E-state index in [0.29, 0.717) is 22.0 Å². The summed E-state index contributed by atoms with van der Waals surface area (Å²) in [4.78, 5) is 13.3. The summed E-state index contributed by atoms with van der Waals surface area (Å²) in [5, 5.41) is 5.50. The number of rotatable bonds is 5. The molecule has 0 bridgehead atoms. The lowest BCUT2D eigenvalue weighted by Gasteiger charge is -2.10. The van der Waals surface area contributed by atoms with Crippen LogP contribution in [0.25, 0.3) is 21.9 Å². The zero-order chi connectivity index (χ0) is 18.8. The van der Waals surface area contributed by atoms with Crippen LogP contribution in [0.1, 0.15) is 0 Å². The first kappa shape index (κ1) is 17.8. The molecule has 3 aromatic carbocycles. The second kappa shape index (κ2) is 7.55. The van der Waals surface area contributed by atoms with E-state index in [1.54, 1.807) is 19.2 Å². The van der Waals surface area contributed by atoms with Gasteiger partial charge in [0.05, 0.1) is 23.6 Å². The van der Waals surface area contributed by atoms with Gasteiger partial charge in [0.25, 0.3) is 0 Å². The molecular weight excluding hydrogens is 382 g/mol. The predicted octanol–water partition coefficient (Wildman–Crippen LogP) is 5.98. The van der Waals surface area contributed by atoms with Crippen LogP contribution >= 0.6 is 23.4 Å². The normalized spacial score (nSPS) is 11.0. The van der Waals surface area contributed by atoms with Crippen LogP contribution in [0, 0.1) is 0 Å². The maximum absolute atomic E-state index is 12.4. The minimum absolute atomic E-state index is 0.145. The van der Waals surface area contributed by atoms with Gasteiger partial charge in [0.1, 0.15) is 16.9 Å². The molecule has 0 aliphatic heterocycles. The molecule has 0 aliphatic carbocycles. The summed E-state index contributed by atoms with van der Waals surface area (Å²) in [5.41, 5.74) is 2.08. The van der Waals surface area contributed by atoms with Gasteiger partial charge in [0.15, 0.2) is 0 Å². The van der Waals surface area contributed by atoms with Crippen molar-refractivity contribution in [1.82, 2.24) is 0 Å². The first-order chi connectivity index (χ1) is 13.2. The molecule has 1 aromatic heterocycles. The van der Waals surface area contributed by atoms with E-state index in [1.165, 1.54) is 11.8 Å². The monoisotopic (exact) mass is 397 g/mol. The van der Waals surface area contributed by atoms with Crippen molar-refractivity contribution in [1.29, 1.82) is 0 Å². The number of fused-ring (bicyclic) bond motifs is 3. The van der Waals surface area contributed by atoms with Crippen molar-refractivity contribution in [3.05, 3.63) is 65.7 Å². The number of carbonyl (C=O) groups is 1. The zero-order valence-corrected chi connectivity index (χ0v) is 16.1. The quantitative estimate of drug-likeness (QED) is 0.421. The number of nitrogens with one attached hydrogen (secondary N) is 1. The lowest BCUT2D eigenvalue weighted by atomic mass is 10.1. The number of para-hydroxylation sites is 1. The summed E-state index contributed by atoms with van der Waals surface area (Å²) in [7, 11) is 1.58. The number of furan rings is 1. The minimum Gasteiger partial charge on any atom is -0.495 e. The number of halogens is 1. The molecule has 4 nitrogen and oxygen atoms in total. The maximum atomic E-state index is 12.4. The minimum atomic E-state index is -0.145. The van der Waals surface area contributed by atoms with E-state index >= 15 is 0 Å². The van der Waals surface area contributed by atoms with Crippen LogP contribution in [-0.4, -0.2) is 18.8 Å². The van der Waals surface area contributed by atoms with Gasteiger partial charge in [0.2, 0.25) is 5.91 Å². The molecule has 0 fully saturated rings. The molecule has 4 aromatic rings. The summed E-state index contributed by atoms with van der Waals surface area (Å²) in [6.45, 7) is 0. The SMILES string of the molecule is COc1cc2c(cc1NC(=O)CSc1ccccc1Cl)oc1ccccc12. The van der Waals surface area contributed by atoms with Crippen molar-refractivity contribution in [2.24, 2.45) is 0 Å². The Morgan fingerprint density at radius 2 is 1.85 bits per heavy atom. The number of hydrogen-bond donors (Lipinski definition) is 1. The Bertz CT molecular complexity index is 1140. The molecule has 1 N–H and O–H groups in total. The van der Waals surface area contributed by atoms with Crippen LogP contribution in [-0.2, 0) is 4.79 Å². The van der Waals surface area contributed by atoms with Crippen LogP contribution in [0.2, 0.25) is 5.02 Å². The molecule has 136 valence electrons. The Kier molecular flexibility index (Phi) is 4.97. The molecule has 1 amide bonds. The number of ether oxygens (including phenoxy) is 1. The molecule has 4 rings (SSSR count). The number of hydrogen-bond acceptors (Lipinski definition) is 4. The van der Waals surface area contributed by atoms with Crippen LogP contribution < -0.4 is 10.1 Å². The zero-order valence-electron chi connectivity index (χ0n) is 14.5. The highest BCUT2D eigenvalue weighted by atomic mass is 35.5. The van der Waals surface area contributed by atoms with E-state index in [2.05, 4.69) is 5.32 Å². The first-order valence-corrected chi connectivity index (χ1v) is 9.68. The van der Waals surface area contributed by atoms with Gasteiger partial charge in [-0.05, 0) is 24.3 Å². The van der Waals surface area contributed by atoms with Gasteiger partial charge < -0.3 is 14.5 Å². The molecule has 0 aliphatic rings. The van der Waals surface area contributed by atoms with Crippen molar-refractivity contribution < 1.29 is 13.9 Å². The third-order valence-electron chi connectivity index (χ3n) is 4.17. The van der Waals surface area contributed by atoms with Gasteiger partial charge in [-0.15, -0.1) is 11.8 Å². The van der Waals surface area contributed by atoms with Crippen molar-refractivity contribution in [2.45, 2.75) is 4.90 Å². The third kappa shape index (κ3) is 3.61. The molecule has 0 spiro atoms. The Labute approximate surface area is 165 Å². The topological polar surface area (TPSA) is 51.5 Å². The highest BCUT2D eigenvalue weighted by Crippen LogP contribution is 2.36. The first-order valence-electron chi connectivity index (χ1n) is 8.32. The molecule has 27 heavy (non-hydrogen) atoms. The van der Waals surface area contributed by atoms with Crippen LogP contribution in [0.5, 0.6) is 5.75 Å². The van der Waals surface area contributed by atoms with Crippen LogP contribution in [0.3, 0.4) is 0 Å². The van der Waals surface area contributed by atoms with E-state index in [1.807, 2.05) is 48.5 Å². The predicted molar refractivity (Wildman–Crippen MR) is 111 cm³/mol. The van der Waals surface area contributed by atoms with Crippen molar-refractivity contribution in [3.63, 3.8) is 0 Å². The molecule has 6 heteroatoms. The highest BCUT2D eigenvalue weighted by molar-refractivity contribution is 8.00. The van der Waals surface area contributed by atoms with E-state index in [0.717, 1.165) is 21.3 Å². The van der Waals surface area contributed by atoms with Crippen molar-refractivity contribution >= 4 is 56.9 Å². The van der Waals surface area contributed by atoms with Crippen molar-refractivity contribution in [3.8, 4) is 5.75 Å². The molecule has 0 unspecified atom stereocenters. The van der Waals surface area contributed by atoms with E-state index < -0.39 is 0 Å².